The molecule has 1 fully saturated rings. The summed E-state index contributed by atoms with van der Waals surface area (Å²) in [5.41, 5.74) is 2.77. The lowest BCUT2D eigenvalue weighted by molar-refractivity contribution is -0.154. The first-order valence-electron chi connectivity index (χ1n) is 9.46. The topological polar surface area (TPSA) is 62.4 Å². The number of Topliss-reactive ketones (excluding diaryl/α,β-unsaturated/α-hetero) is 1. The maximum absolute atomic E-state index is 13.1. The monoisotopic (exact) mass is 354 g/mol. The van der Waals surface area contributed by atoms with Crippen molar-refractivity contribution in [2.45, 2.75) is 32.2 Å². The van der Waals surface area contributed by atoms with Gasteiger partial charge in [-0.15, -0.1) is 0 Å². The van der Waals surface area contributed by atoms with Gasteiger partial charge >= 0.3 is 5.97 Å². The molecular formula is C21H26N2O3. The lowest BCUT2D eigenvalue weighted by Gasteiger charge is -2.47. The maximum Gasteiger partial charge on any atom is 0.310 e. The third-order valence-electron chi connectivity index (χ3n) is 6.49. The SMILES string of the molecule is CC[C@@H]1CN(C)[C@@H]2Cc3c([nH]c4ccccc34)C(=O)C[C@@H]1[C@@H]2C(=O)OC. The van der Waals surface area contributed by atoms with E-state index >= 15 is 0 Å². The fraction of sp³-hybridized carbons (Fsp3) is 0.524. The summed E-state index contributed by atoms with van der Waals surface area (Å²) in [5.74, 6) is 0.0584. The molecule has 1 aromatic heterocycles. The molecule has 5 heteroatoms. The molecule has 0 unspecified atom stereocenters. The Morgan fingerprint density at radius 3 is 2.81 bits per heavy atom. The number of hydrogen-bond donors (Lipinski definition) is 1. The fourth-order valence-corrected chi connectivity index (χ4v) is 5.15. The number of benzene rings is 1. The molecule has 0 radical (unpaired) electrons. The van der Waals surface area contributed by atoms with Crippen molar-refractivity contribution in [1.82, 2.24) is 9.88 Å². The quantitative estimate of drug-likeness (QED) is 0.842. The molecule has 1 aliphatic carbocycles. The summed E-state index contributed by atoms with van der Waals surface area (Å²) >= 11 is 0. The van der Waals surface area contributed by atoms with Crippen molar-refractivity contribution >= 4 is 22.7 Å². The summed E-state index contributed by atoms with van der Waals surface area (Å²) in [4.78, 5) is 31.5. The van der Waals surface area contributed by atoms with Crippen LogP contribution in [-0.4, -0.2) is 48.4 Å². The highest BCUT2D eigenvalue weighted by atomic mass is 16.5. The van der Waals surface area contributed by atoms with Gasteiger partial charge in [0.1, 0.15) is 0 Å². The molecule has 2 aliphatic rings. The molecule has 26 heavy (non-hydrogen) atoms. The lowest BCUT2D eigenvalue weighted by atomic mass is 9.67. The average molecular weight is 354 g/mol. The number of aromatic amines is 1. The van der Waals surface area contributed by atoms with Crippen molar-refractivity contribution in [3.05, 3.63) is 35.5 Å². The summed E-state index contributed by atoms with van der Waals surface area (Å²) < 4.78 is 5.17. The number of ether oxygens (including phenoxy) is 1. The van der Waals surface area contributed by atoms with E-state index in [9.17, 15) is 9.59 Å². The van der Waals surface area contributed by atoms with E-state index in [0.717, 1.165) is 35.1 Å². The van der Waals surface area contributed by atoms with Crippen molar-refractivity contribution < 1.29 is 14.3 Å². The molecule has 2 aromatic rings. The Labute approximate surface area is 153 Å². The number of methoxy groups -OCH3 is 1. The normalized spacial score (nSPS) is 29.1. The minimum atomic E-state index is -0.255. The van der Waals surface area contributed by atoms with Gasteiger partial charge in [-0.1, -0.05) is 31.5 Å². The first-order chi connectivity index (χ1) is 12.5. The number of hydrogen-bond acceptors (Lipinski definition) is 4. The van der Waals surface area contributed by atoms with Gasteiger partial charge in [0.2, 0.25) is 0 Å². The maximum atomic E-state index is 13.1. The fourth-order valence-electron chi connectivity index (χ4n) is 5.15. The van der Waals surface area contributed by atoms with Gasteiger partial charge in [0.15, 0.2) is 5.78 Å². The summed E-state index contributed by atoms with van der Waals surface area (Å²) in [6, 6.07) is 8.10. The molecule has 138 valence electrons. The Balaban J connectivity index is 1.88. The van der Waals surface area contributed by atoms with E-state index in [0.29, 0.717) is 18.8 Å². The van der Waals surface area contributed by atoms with Crippen molar-refractivity contribution in [1.29, 1.82) is 0 Å². The summed E-state index contributed by atoms with van der Waals surface area (Å²) in [6.07, 6.45) is 2.05. The molecule has 4 atom stereocenters. The molecule has 0 saturated carbocycles. The molecule has 0 spiro atoms. The third-order valence-corrected chi connectivity index (χ3v) is 6.49. The number of carbonyl (C=O) groups excluding carboxylic acids is 2. The molecule has 1 N–H and O–H groups in total. The van der Waals surface area contributed by atoms with Gasteiger partial charge in [-0.25, -0.2) is 0 Å². The summed E-state index contributed by atoms with van der Waals surface area (Å²) in [7, 11) is 3.55. The number of likely N-dealkylation sites (tertiary alicyclic amines) is 1. The zero-order valence-corrected chi connectivity index (χ0v) is 15.6. The molecule has 1 saturated heterocycles. The first kappa shape index (κ1) is 17.3. The highest BCUT2D eigenvalue weighted by molar-refractivity contribution is 6.03. The predicted octanol–water partition coefficient (Wildman–Crippen LogP) is 3.04. The minimum absolute atomic E-state index is 0.0423. The second-order valence-electron chi connectivity index (χ2n) is 7.74. The van der Waals surface area contributed by atoms with E-state index in [1.54, 1.807) is 0 Å². The van der Waals surface area contributed by atoms with Crippen LogP contribution in [0.1, 0.15) is 35.8 Å². The van der Waals surface area contributed by atoms with E-state index in [2.05, 4.69) is 29.9 Å². The van der Waals surface area contributed by atoms with Gasteiger partial charge in [-0.05, 0) is 36.9 Å². The molecular weight excluding hydrogens is 328 g/mol. The van der Waals surface area contributed by atoms with Gasteiger partial charge in [-0.2, -0.15) is 0 Å². The number of likely N-dealkylation sites (N-methyl/N-ethyl adjacent to an activating group) is 1. The number of nitrogens with zero attached hydrogens (tertiary/aromatic N) is 1. The van der Waals surface area contributed by atoms with Crippen LogP contribution in [0.25, 0.3) is 10.9 Å². The van der Waals surface area contributed by atoms with E-state index in [-0.39, 0.29) is 29.6 Å². The Morgan fingerprint density at radius 2 is 2.08 bits per heavy atom. The number of nitrogens with one attached hydrogen (secondary N) is 1. The largest absolute Gasteiger partial charge is 0.469 e. The third kappa shape index (κ3) is 2.57. The van der Waals surface area contributed by atoms with E-state index in [4.69, 9.17) is 4.74 Å². The Bertz CT molecular complexity index is 856. The Kier molecular flexibility index (Phi) is 4.35. The smallest absolute Gasteiger partial charge is 0.310 e. The number of ketones is 1. The van der Waals surface area contributed by atoms with Crippen LogP contribution >= 0.6 is 0 Å². The number of para-hydroxylation sites is 1. The van der Waals surface area contributed by atoms with Gasteiger partial charge in [-0.3, -0.25) is 9.59 Å². The molecule has 2 heterocycles. The predicted molar refractivity (Wildman–Crippen MR) is 100 cm³/mol. The first-order valence-corrected chi connectivity index (χ1v) is 9.46. The Morgan fingerprint density at radius 1 is 1.31 bits per heavy atom. The van der Waals surface area contributed by atoms with Crippen LogP contribution in [0, 0.1) is 17.8 Å². The van der Waals surface area contributed by atoms with E-state index in [1.807, 2.05) is 18.2 Å². The van der Waals surface area contributed by atoms with Crippen LogP contribution in [0.4, 0.5) is 0 Å². The molecule has 2 bridgehead atoms. The standard InChI is InChI=1S/C21H26N2O3/c1-4-12-11-23(2)17-9-15-13-7-5-6-8-16(13)22-20(15)18(24)10-14(12)19(17)21(25)26-3/h5-8,12,14,17,19,22H,4,9-11H2,1-3H3/t12-,14+,17-,19+/m1/s1. The van der Waals surface area contributed by atoms with Crippen LogP contribution in [0.3, 0.4) is 0 Å². The second kappa shape index (κ2) is 6.54. The van der Waals surface area contributed by atoms with Crippen LogP contribution in [-0.2, 0) is 16.0 Å². The van der Waals surface area contributed by atoms with Gasteiger partial charge in [0, 0.05) is 29.9 Å². The number of rotatable bonds is 2. The van der Waals surface area contributed by atoms with Crippen LogP contribution < -0.4 is 0 Å². The number of fused-ring (bicyclic) bond motifs is 5. The number of H-pyrrole nitrogens is 1. The highest BCUT2D eigenvalue weighted by Crippen LogP contribution is 2.42. The summed E-state index contributed by atoms with van der Waals surface area (Å²) in [6.45, 7) is 3.06. The van der Waals surface area contributed by atoms with E-state index < -0.39 is 0 Å². The average Bonchev–Trinajstić information content (AvgIpc) is 3.01. The second-order valence-corrected chi connectivity index (χ2v) is 7.74. The lowest BCUT2D eigenvalue weighted by Crippen LogP contribution is -2.56. The van der Waals surface area contributed by atoms with Crippen molar-refractivity contribution in [3.63, 3.8) is 0 Å². The van der Waals surface area contributed by atoms with Crippen molar-refractivity contribution in [3.8, 4) is 0 Å². The summed E-state index contributed by atoms with van der Waals surface area (Å²) in [5, 5.41) is 1.09. The van der Waals surface area contributed by atoms with E-state index in [1.165, 1.54) is 7.11 Å². The number of aromatic nitrogens is 1. The number of carbonyl (C=O) groups is 2. The van der Waals surface area contributed by atoms with Crippen LogP contribution in [0.15, 0.2) is 24.3 Å². The number of piperidine rings is 1. The zero-order valence-electron chi connectivity index (χ0n) is 15.6. The Hall–Kier alpha value is -2.14. The van der Waals surface area contributed by atoms with Crippen molar-refractivity contribution in [2.24, 2.45) is 17.8 Å². The van der Waals surface area contributed by atoms with Crippen LogP contribution in [0.2, 0.25) is 0 Å². The minimum Gasteiger partial charge on any atom is -0.469 e. The number of esters is 1. The van der Waals surface area contributed by atoms with Gasteiger partial charge in [0.05, 0.1) is 18.7 Å². The van der Waals surface area contributed by atoms with Gasteiger partial charge in [0.25, 0.3) is 0 Å². The molecule has 0 amide bonds. The molecule has 1 aromatic carbocycles. The van der Waals surface area contributed by atoms with Crippen molar-refractivity contribution in [2.75, 3.05) is 20.7 Å². The zero-order chi connectivity index (χ0) is 18.4. The van der Waals surface area contributed by atoms with Crippen LogP contribution in [0.5, 0.6) is 0 Å². The molecule has 1 aliphatic heterocycles. The molecule has 5 nitrogen and oxygen atoms in total. The molecule has 4 rings (SSSR count). The highest BCUT2D eigenvalue weighted by Gasteiger charge is 2.48. The van der Waals surface area contributed by atoms with Gasteiger partial charge < -0.3 is 14.6 Å².